The molecule has 1 atom stereocenters. The molecule has 3 nitrogen and oxygen atoms in total. The Morgan fingerprint density at radius 3 is 2.27 bits per heavy atom. The Bertz CT molecular complexity index is 697. The minimum Gasteiger partial charge on any atom is -0.489 e. The van der Waals surface area contributed by atoms with Gasteiger partial charge in [0.15, 0.2) is 0 Å². The van der Waals surface area contributed by atoms with Gasteiger partial charge in [0.2, 0.25) is 0 Å². The van der Waals surface area contributed by atoms with E-state index in [0.717, 1.165) is 16.9 Å². The molecule has 1 N–H and O–H groups in total. The summed E-state index contributed by atoms with van der Waals surface area (Å²) in [5, 5.41) is 10.3. The first-order valence-corrected chi connectivity index (χ1v) is 7.18. The zero-order chi connectivity index (χ0) is 15.2. The molecule has 0 unspecified atom stereocenters. The monoisotopic (exact) mass is 291 g/mol. The maximum absolute atomic E-state index is 10.3. The summed E-state index contributed by atoms with van der Waals surface area (Å²) in [6.45, 7) is 0.531. The van der Waals surface area contributed by atoms with Crippen molar-refractivity contribution in [3.63, 3.8) is 0 Å². The predicted octanol–water partition coefficient (Wildman–Crippen LogP) is 3.74. The van der Waals surface area contributed by atoms with E-state index >= 15 is 0 Å². The summed E-state index contributed by atoms with van der Waals surface area (Å²) in [6.07, 6.45) is 0.958. The molecule has 0 aliphatic rings. The van der Waals surface area contributed by atoms with Crippen LogP contribution in [0.5, 0.6) is 5.75 Å². The Balaban J connectivity index is 1.65. The molecule has 0 radical (unpaired) electrons. The Kier molecular flexibility index (Phi) is 4.47. The molecule has 0 amide bonds. The van der Waals surface area contributed by atoms with Gasteiger partial charge in [-0.05, 0) is 35.4 Å². The van der Waals surface area contributed by atoms with Crippen LogP contribution in [0.25, 0.3) is 0 Å². The van der Waals surface area contributed by atoms with E-state index in [0.29, 0.717) is 12.3 Å². The minimum absolute atomic E-state index is 0.531. The van der Waals surface area contributed by atoms with Gasteiger partial charge < -0.3 is 9.84 Å². The third-order valence-corrected chi connectivity index (χ3v) is 3.41. The molecule has 1 aromatic heterocycles. The van der Waals surface area contributed by atoms with Crippen LogP contribution in [0, 0.1) is 0 Å². The first kappa shape index (κ1) is 14.3. The second kappa shape index (κ2) is 6.87. The second-order valence-electron chi connectivity index (χ2n) is 5.00. The maximum Gasteiger partial charge on any atom is 0.121 e. The van der Waals surface area contributed by atoms with Gasteiger partial charge in [0.1, 0.15) is 18.5 Å². The van der Waals surface area contributed by atoms with Crippen LogP contribution in [-0.2, 0) is 6.61 Å². The normalized spacial score (nSPS) is 11.9. The molecule has 3 aromatic rings. The summed E-state index contributed by atoms with van der Waals surface area (Å²) in [7, 11) is 0. The molecular formula is C19H17NO2. The highest BCUT2D eigenvalue weighted by Gasteiger charge is 2.11. The van der Waals surface area contributed by atoms with Crippen molar-refractivity contribution in [3.05, 3.63) is 95.8 Å². The van der Waals surface area contributed by atoms with Gasteiger partial charge in [-0.15, -0.1) is 0 Å². The molecule has 3 rings (SSSR count). The summed E-state index contributed by atoms with van der Waals surface area (Å²) < 4.78 is 5.74. The Hall–Kier alpha value is -2.65. The molecule has 0 saturated heterocycles. The van der Waals surface area contributed by atoms with Gasteiger partial charge in [0.05, 0.1) is 5.69 Å². The largest absolute Gasteiger partial charge is 0.489 e. The molecular weight excluding hydrogens is 274 g/mol. The third-order valence-electron chi connectivity index (χ3n) is 3.41. The van der Waals surface area contributed by atoms with Gasteiger partial charge in [-0.3, -0.25) is 4.98 Å². The highest BCUT2D eigenvalue weighted by molar-refractivity contribution is 5.32. The van der Waals surface area contributed by atoms with E-state index in [-0.39, 0.29) is 0 Å². The van der Waals surface area contributed by atoms with E-state index in [2.05, 4.69) is 4.98 Å². The number of pyridine rings is 1. The van der Waals surface area contributed by atoms with Crippen LogP contribution in [0.1, 0.15) is 22.9 Å². The fourth-order valence-electron chi connectivity index (χ4n) is 2.20. The summed E-state index contributed by atoms with van der Waals surface area (Å²) in [4.78, 5) is 4.17. The molecule has 0 aliphatic heterocycles. The van der Waals surface area contributed by atoms with Gasteiger partial charge in [0, 0.05) is 6.20 Å². The summed E-state index contributed by atoms with van der Waals surface area (Å²) in [6, 6.07) is 23.0. The van der Waals surface area contributed by atoms with Crippen LogP contribution in [0.15, 0.2) is 79.0 Å². The molecule has 0 spiro atoms. The van der Waals surface area contributed by atoms with Crippen molar-refractivity contribution in [1.82, 2.24) is 4.98 Å². The van der Waals surface area contributed by atoms with Gasteiger partial charge in [-0.2, -0.15) is 0 Å². The fourth-order valence-corrected chi connectivity index (χ4v) is 2.20. The van der Waals surface area contributed by atoms with Crippen molar-refractivity contribution in [2.45, 2.75) is 12.7 Å². The van der Waals surface area contributed by atoms with E-state index in [1.165, 1.54) is 0 Å². The number of rotatable bonds is 5. The van der Waals surface area contributed by atoms with Crippen molar-refractivity contribution >= 4 is 0 Å². The van der Waals surface area contributed by atoms with Crippen molar-refractivity contribution < 1.29 is 9.84 Å². The third kappa shape index (κ3) is 3.51. The summed E-state index contributed by atoms with van der Waals surface area (Å²) >= 11 is 0. The number of ether oxygens (including phenoxy) is 1. The number of hydrogen-bond acceptors (Lipinski definition) is 3. The molecule has 0 saturated carbocycles. The zero-order valence-electron chi connectivity index (χ0n) is 12.1. The lowest BCUT2D eigenvalue weighted by Gasteiger charge is -2.11. The average Bonchev–Trinajstić information content (AvgIpc) is 2.61. The van der Waals surface area contributed by atoms with E-state index in [4.69, 9.17) is 4.74 Å². The molecule has 0 bridgehead atoms. The van der Waals surface area contributed by atoms with Crippen LogP contribution in [-0.4, -0.2) is 10.1 Å². The van der Waals surface area contributed by atoms with Crippen LogP contribution in [0.4, 0.5) is 0 Å². The van der Waals surface area contributed by atoms with Crippen molar-refractivity contribution in [1.29, 1.82) is 0 Å². The van der Waals surface area contributed by atoms with Crippen LogP contribution >= 0.6 is 0 Å². The van der Waals surface area contributed by atoms with Gasteiger partial charge in [-0.25, -0.2) is 0 Å². The average molecular weight is 291 g/mol. The quantitative estimate of drug-likeness (QED) is 0.778. The summed E-state index contributed by atoms with van der Waals surface area (Å²) in [5.41, 5.74) is 2.56. The molecule has 3 heteroatoms. The highest BCUT2D eigenvalue weighted by Crippen LogP contribution is 2.22. The lowest BCUT2D eigenvalue weighted by Crippen LogP contribution is -2.02. The summed E-state index contributed by atoms with van der Waals surface area (Å²) in [5.74, 6) is 0.779. The second-order valence-corrected chi connectivity index (χ2v) is 5.00. The van der Waals surface area contributed by atoms with Crippen LogP contribution in [0.2, 0.25) is 0 Å². The Morgan fingerprint density at radius 1 is 0.864 bits per heavy atom. The standard InChI is InChI=1S/C19H17NO2/c21-19(18-8-4-5-13-20-18)16-9-11-17(12-10-16)22-14-15-6-2-1-3-7-15/h1-13,19,21H,14H2/t19-/m1/s1. The number of aliphatic hydroxyl groups excluding tert-OH is 1. The van der Waals surface area contributed by atoms with Crippen molar-refractivity contribution in [3.8, 4) is 5.75 Å². The molecule has 0 fully saturated rings. The lowest BCUT2D eigenvalue weighted by molar-refractivity contribution is 0.215. The number of nitrogens with zero attached hydrogens (tertiary/aromatic N) is 1. The molecule has 0 aliphatic carbocycles. The number of aliphatic hydroxyl groups is 1. The predicted molar refractivity (Wildman–Crippen MR) is 85.5 cm³/mol. The van der Waals surface area contributed by atoms with E-state index in [1.54, 1.807) is 6.20 Å². The fraction of sp³-hybridized carbons (Fsp3) is 0.105. The first-order valence-electron chi connectivity index (χ1n) is 7.18. The van der Waals surface area contributed by atoms with Gasteiger partial charge in [0.25, 0.3) is 0 Å². The SMILES string of the molecule is O[C@H](c1ccc(OCc2ccccc2)cc1)c1ccccn1. The van der Waals surface area contributed by atoms with Gasteiger partial charge >= 0.3 is 0 Å². The first-order chi connectivity index (χ1) is 10.8. The number of hydrogen-bond donors (Lipinski definition) is 1. The highest BCUT2D eigenvalue weighted by atomic mass is 16.5. The number of benzene rings is 2. The smallest absolute Gasteiger partial charge is 0.121 e. The minimum atomic E-state index is -0.718. The van der Waals surface area contributed by atoms with Crippen LogP contribution < -0.4 is 4.74 Å². The zero-order valence-corrected chi connectivity index (χ0v) is 12.1. The van der Waals surface area contributed by atoms with Crippen LogP contribution in [0.3, 0.4) is 0 Å². The molecule has 2 aromatic carbocycles. The van der Waals surface area contributed by atoms with E-state index in [1.807, 2.05) is 72.8 Å². The van der Waals surface area contributed by atoms with E-state index < -0.39 is 6.10 Å². The van der Waals surface area contributed by atoms with E-state index in [9.17, 15) is 5.11 Å². The van der Waals surface area contributed by atoms with Crippen molar-refractivity contribution in [2.24, 2.45) is 0 Å². The number of aromatic nitrogens is 1. The van der Waals surface area contributed by atoms with Crippen molar-refractivity contribution in [2.75, 3.05) is 0 Å². The Labute approximate surface area is 129 Å². The molecule has 22 heavy (non-hydrogen) atoms. The maximum atomic E-state index is 10.3. The van der Waals surface area contributed by atoms with Gasteiger partial charge in [-0.1, -0.05) is 48.5 Å². The lowest BCUT2D eigenvalue weighted by atomic mass is 10.1. The molecule has 1 heterocycles. The molecule has 110 valence electrons. The topological polar surface area (TPSA) is 42.4 Å². The Morgan fingerprint density at radius 2 is 1.59 bits per heavy atom.